The summed E-state index contributed by atoms with van der Waals surface area (Å²) in [4.78, 5) is 48.6. The third-order valence-electron chi connectivity index (χ3n) is 15.0. The number of rotatable bonds is 10. The Balaban J connectivity index is 0.000000415. The van der Waals surface area contributed by atoms with E-state index in [1.165, 1.54) is 50.7 Å². The van der Waals surface area contributed by atoms with Crippen LogP contribution in [-0.2, 0) is 0 Å². The monoisotopic (exact) mass is 1630 g/mol. The number of carbonyl (C=O) groups is 1. The number of benzene rings is 4. The van der Waals surface area contributed by atoms with Crippen molar-refractivity contribution in [3.63, 3.8) is 0 Å². The van der Waals surface area contributed by atoms with Gasteiger partial charge in [0.1, 0.15) is 0 Å². The van der Waals surface area contributed by atoms with Crippen LogP contribution in [0.1, 0.15) is 134 Å². The number of nitrogens with one attached hydrogen (secondary N) is 2. The lowest BCUT2D eigenvalue weighted by atomic mass is 10.0. The Hall–Kier alpha value is -4.63. The van der Waals surface area contributed by atoms with Crippen molar-refractivity contribution in [2.45, 2.75) is 125 Å². The second kappa shape index (κ2) is 43.2. The lowest BCUT2D eigenvalue weighted by Crippen LogP contribution is -2.48. The van der Waals surface area contributed by atoms with Gasteiger partial charge in [-0.3, -0.25) is 19.9 Å². The van der Waals surface area contributed by atoms with Gasteiger partial charge in [-0.25, -0.2) is 24.7 Å². The van der Waals surface area contributed by atoms with Gasteiger partial charge >= 0.3 is 6.03 Å². The van der Waals surface area contributed by atoms with Gasteiger partial charge in [-0.1, -0.05) is 178 Å². The highest BCUT2D eigenvalue weighted by molar-refractivity contribution is 14.1. The van der Waals surface area contributed by atoms with Crippen LogP contribution in [-0.4, -0.2) is 127 Å². The molecule has 29 heteroatoms. The number of hydrogen-bond acceptors (Lipinski definition) is 13. The smallest absolute Gasteiger partial charge is 0.317 e. The number of aromatic nitrogens is 8. The third-order valence-corrected chi connectivity index (χ3v) is 19.8. The summed E-state index contributed by atoms with van der Waals surface area (Å²) < 4.78 is 52.4. The molecule has 10 rings (SSSR count). The molecule has 15 nitrogen and oxygen atoms in total. The highest BCUT2D eigenvalue weighted by atomic mass is 127. The van der Waals surface area contributed by atoms with Gasteiger partial charge in [0.25, 0.3) is 0 Å². The van der Waals surface area contributed by atoms with Gasteiger partial charge in [0.15, 0.2) is 0 Å². The Bertz CT molecular complexity index is 3660. The van der Waals surface area contributed by atoms with Crippen molar-refractivity contribution in [3.8, 4) is 33.8 Å². The molecule has 2 fully saturated rings. The van der Waals surface area contributed by atoms with E-state index in [1.807, 2.05) is 46.0 Å². The summed E-state index contributed by atoms with van der Waals surface area (Å²) in [6, 6.07) is 14.9. The van der Waals surface area contributed by atoms with Gasteiger partial charge in [-0.15, -0.1) is 12.4 Å². The van der Waals surface area contributed by atoms with Gasteiger partial charge < -0.3 is 31.1 Å². The maximum absolute atomic E-state index is 13.4. The van der Waals surface area contributed by atoms with Gasteiger partial charge in [0, 0.05) is 51.6 Å². The number of carbonyl (C=O) groups excluding carboxylic acids is 1. The van der Waals surface area contributed by atoms with E-state index in [-0.39, 0.29) is 62.4 Å². The van der Waals surface area contributed by atoms with E-state index in [0.717, 1.165) is 77.0 Å². The number of amides is 2. The van der Waals surface area contributed by atoms with Crippen LogP contribution in [0.4, 0.5) is 22.4 Å². The average Bonchev–Trinajstić information content (AvgIpc) is 0.913. The predicted octanol–water partition coefficient (Wildman–Crippen LogP) is 20.3. The van der Waals surface area contributed by atoms with Crippen molar-refractivity contribution in [3.05, 3.63) is 194 Å². The number of piperidine rings is 2. The summed E-state index contributed by atoms with van der Waals surface area (Å²) in [5, 5.41) is 9.70. The molecule has 4 N–H and O–H groups in total. The van der Waals surface area contributed by atoms with E-state index < -0.39 is 23.8 Å². The molecule has 0 aliphatic carbocycles. The molecule has 0 unspecified atom stereocenters. The zero-order chi connectivity index (χ0) is 69.7. The van der Waals surface area contributed by atoms with Crippen molar-refractivity contribution in [2.75, 3.05) is 54.4 Å². The van der Waals surface area contributed by atoms with Crippen LogP contribution >= 0.6 is 128 Å². The van der Waals surface area contributed by atoms with Crippen LogP contribution in [0.5, 0.6) is 0 Å². The molecule has 0 radical (unpaired) electrons. The summed E-state index contributed by atoms with van der Waals surface area (Å²) in [5.74, 6) is -1.85. The molecule has 97 heavy (non-hydrogen) atoms. The molecule has 8 aromatic rings. The fourth-order valence-corrected chi connectivity index (χ4v) is 12.5. The Morgan fingerprint density at radius 1 is 0.526 bits per heavy atom. The number of halogens is 14. The minimum Gasteiger partial charge on any atom is -0.331 e. The number of hydrogen-bond donors (Lipinski definition) is 3. The van der Waals surface area contributed by atoms with Crippen LogP contribution < -0.4 is 16.4 Å². The van der Waals surface area contributed by atoms with Gasteiger partial charge in [0.05, 0.1) is 112 Å². The predicted molar refractivity (Wildman–Crippen MR) is 405 cm³/mol. The number of aryl methyl sites for hydroxylation is 1. The molecule has 2 aliphatic rings. The van der Waals surface area contributed by atoms with E-state index in [4.69, 9.17) is 98.5 Å². The fraction of sp³-hybridized carbons (Fsp3) is 0.397. The molecule has 0 saturated carbocycles. The SMILES string of the molecule is C.C.CC(C)c1ccc(-c2cncc(F)n2)c(Cl)c1Cl.CC(C)c1ccc(I)c(Cl)c1Cl.CNC1CCN(C)CC1.C[C@H](N)c1ccc(-c2cncc(F)n2)c(Cl)c1Cl.C[C@H](NC(=O)N(C)C1CCN(C)CC1)c1ccc(-c2cncc(F)n2)c(Cl)c1Cl.Cc1cncc(F)n1.Cl. The highest BCUT2D eigenvalue weighted by Crippen LogP contribution is 2.41. The zero-order valence-electron chi connectivity index (χ0n) is 54.1. The number of nitrogens with zero attached hydrogens (tertiary/aromatic N) is 11. The first-order valence-corrected chi connectivity index (χ1v) is 33.8. The molecular formula is C68H84Cl9F4IN14O. The normalized spacial score (nSPS) is 13.7. The summed E-state index contributed by atoms with van der Waals surface area (Å²) in [6.07, 6.45) is 14.5. The number of nitrogens with two attached hydrogens (primary N) is 1. The van der Waals surface area contributed by atoms with Gasteiger partial charge in [-0.05, 0) is 157 Å². The van der Waals surface area contributed by atoms with E-state index in [1.54, 1.807) is 49.1 Å². The van der Waals surface area contributed by atoms with Crippen LogP contribution in [0.3, 0.4) is 0 Å². The summed E-state index contributed by atoms with van der Waals surface area (Å²) in [6.45, 7) is 18.1. The first kappa shape index (κ1) is 88.5. The lowest BCUT2D eigenvalue weighted by Gasteiger charge is -2.35. The average molecular weight is 1640 g/mol. The van der Waals surface area contributed by atoms with E-state index in [9.17, 15) is 22.4 Å². The molecular weight excluding hydrogens is 1550 g/mol. The molecule has 4 aromatic carbocycles. The molecule has 6 heterocycles. The lowest BCUT2D eigenvalue weighted by molar-refractivity contribution is 0.146. The highest BCUT2D eigenvalue weighted by Gasteiger charge is 2.27. The van der Waals surface area contributed by atoms with Crippen LogP contribution in [0, 0.1) is 34.3 Å². The first-order valence-electron chi connectivity index (χ1n) is 29.7. The molecule has 530 valence electrons. The first-order chi connectivity index (χ1) is 44.4. The zero-order valence-corrected chi connectivity index (χ0v) is 63.1. The number of urea groups is 1. The molecule has 2 amide bonds. The fourth-order valence-electron chi connectivity index (χ4n) is 9.46. The van der Waals surface area contributed by atoms with E-state index in [2.05, 4.69) is 118 Å². The van der Waals surface area contributed by atoms with Gasteiger partial charge in [-0.2, -0.15) is 17.6 Å². The van der Waals surface area contributed by atoms with Crippen LogP contribution in [0.15, 0.2) is 98.1 Å². The quantitative estimate of drug-likeness (QED) is 0.0669. The molecule has 2 saturated heterocycles. The maximum Gasteiger partial charge on any atom is 0.317 e. The molecule has 2 aliphatic heterocycles. The van der Waals surface area contributed by atoms with Crippen molar-refractivity contribution in [1.82, 2.24) is 65.2 Å². The Labute approximate surface area is 628 Å². The maximum atomic E-state index is 13.4. The van der Waals surface area contributed by atoms with Gasteiger partial charge in [0.2, 0.25) is 23.8 Å². The Kier molecular flexibility index (Phi) is 39.4. The number of likely N-dealkylation sites (tertiary alicyclic amines) is 2. The van der Waals surface area contributed by atoms with Crippen molar-refractivity contribution in [1.29, 1.82) is 0 Å². The Morgan fingerprint density at radius 3 is 1.23 bits per heavy atom. The minimum absolute atomic E-state index is 0. The van der Waals surface area contributed by atoms with Crippen molar-refractivity contribution >= 4 is 134 Å². The van der Waals surface area contributed by atoms with Crippen molar-refractivity contribution < 1.29 is 22.4 Å². The topological polar surface area (TPSA) is 180 Å². The summed E-state index contributed by atoms with van der Waals surface area (Å²) in [5.41, 5.74) is 12.4. The molecule has 0 bridgehead atoms. The van der Waals surface area contributed by atoms with Crippen LogP contribution in [0.25, 0.3) is 33.8 Å². The second-order valence-electron chi connectivity index (χ2n) is 22.7. The minimum atomic E-state index is -0.698. The van der Waals surface area contributed by atoms with Crippen LogP contribution in [0.2, 0.25) is 40.2 Å². The summed E-state index contributed by atoms with van der Waals surface area (Å²) >= 11 is 51.8. The van der Waals surface area contributed by atoms with E-state index >= 15 is 0 Å². The molecule has 2 atom stereocenters. The molecule has 4 aromatic heterocycles. The Morgan fingerprint density at radius 2 is 0.866 bits per heavy atom. The third kappa shape index (κ3) is 26.7. The largest absolute Gasteiger partial charge is 0.331 e. The van der Waals surface area contributed by atoms with Crippen molar-refractivity contribution in [2.24, 2.45) is 5.73 Å². The second-order valence-corrected chi connectivity index (χ2v) is 26.9. The molecule has 0 spiro atoms. The van der Waals surface area contributed by atoms with E-state index in [0.29, 0.717) is 86.1 Å². The standard InChI is InChI=1S/C20H24Cl2FN5O.C13H11Cl2FN2.C12H10Cl2FN3.C9H9Cl2I.C7H16N2.C5H5FN2.2CH4.ClH/c1-12(25-20(29)28(3)13-6-8-27(2)9-7-13)14-4-5-15(19(22)18(14)21)16-10-24-11-17(23)26-16;1-7(2)8-3-4-9(13(15)12(8)14)10-5-17-6-11(16)18-10;1-6(16)7-2-3-8(12(14)11(7)13)9-4-17-5-10(15)18-9;1-5(2)6-3-4-7(12)9(11)8(6)10;1-8-7-3-5-9(2)6-4-7;1-4-2-7-3-5(6)8-4;;;/h4-5,10-13H,6-9H2,1-3H3,(H,25,29);3-7H,1-2H3;2-6H,16H2,1H3;3-5H,1-2H3;7-8H,3-6H2,1-2H3;2-3H,1H3;2*1H4;1H/t12-;;6-;;;;;;/m0.0....../s1. The summed E-state index contributed by atoms with van der Waals surface area (Å²) in [7, 11) is 8.14.